The molecule has 0 aliphatic heterocycles. The van der Waals surface area contributed by atoms with Crippen molar-refractivity contribution in [3.63, 3.8) is 0 Å². The second-order valence-corrected chi connectivity index (χ2v) is 7.02. The van der Waals surface area contributed by atoms with Crippen molar-refractivity contribution >= 4 is 11.6 Å². The van der Waals surface area contributed by atoms with Crippen molar-refractivity contribution in [2.24, 2.45) is 22.1 Å². The number of hydrogen-bond donors (Lipinski definition) is 0. The second-order valence-electron chi connectivity index (χ2n) is 7.02. The van der Waals surface area contributed by atoms with Gasteiger partial charge in [0.15, 0.2) is 17.7 Å². The Morgan fingerprint density at radius 2 is 1.68 bits per heavy atom. The summed E-state index contributed by atoms with van der Waals surface area (Å²) in [6.07, 6.45) is 5.03. The van der Waals surface area contributed by atoms with E-state index in [1.54, 1.807) is 6.08 Å². The number of rotatable bonds is 6. The number of allylic oxidation sites excluding steroid dienone is 4. The number of carbonyl (C=O) groups excluding carboxylic acids is 2. The summed E-state index contributed by atoms with van der Waals surface area (Å²) in [6, 6.07) is 0. The second kappa shape index (κ2) is 8.30. The molecule has 0 bridgehead atoms. The third-order valence-electron chi connectivity index (χ3n) is 4.94. The Hall–Kier alpha value is -2.14. The Morgan fingerprint density at radius 1 is 1.12 bits per heavy atom. The molecule has 3 unspecified atom stereocenters. The molecule has 0 fully saturated rings. The van der Waals surface area contributed by atoms with Crippen LogP contribution in [0, 0.1) is 11.8 Å². The predicted octanol–water partition coefficient (Wildman–Crippen LogP) is 4.01. The number of nitrogens with zero attached hydrogens (tertiary/aromatic N) is 2. The van der Waals surface area contributed by atoms with Crippen LogP contribution in [0.2, 0.25) is 0 Å². The summed E-state index contributed by atoms with van der Waals surface area (Å²) in [7, 11) is 0. The summed E-state index contributed by atoms with van der Waals surface area (Å²) < 4.78 is 0. The molecule has 3 atom stereocenters. The lowest BCUT2D eigenvalue weighted by molar-refractivity contribution is -0.117. The molecule has 5 nitrogen and oxygen atoms in total. The van der Waals surface area contributed by atoms with Crippen molar-refractivity contribution < 1.29 is 9.59 Å². The van der Waals surface area contributed by atoms with Crippen LogP contribution < -0.4 is 5.73 Å². The van der Waals surface area contributed by atoms with Gasteiger partial charge in [0.2, 0.25) is 0 Å². The van der Waals surface area contributed by atoms with Crippen molar-refractivity contribution in [1.29, 1.82) is 0 Å². The highest BCUT2D eigenvalue weighted by atomic mass is 16.1. The van der Waals surface area contributed by atoms with E-state index in [9.17, 15) is 9.59 Å². The van der Waals surface area contributed by atoms with Crippen LogP contribution in [0.25, 0.3) is 0 Å². The van der Waals surface area contributed by atoms with E-state index < -0.39 is 6.17 Å². The van der Waals surface area contributed by atoms with E-state index in [0.29, 0.717) is 30.4 Å². The van der Waals surface area contributed by atoms with Gasteiger partial charge in [-0.05, 0) is 38.5 Å². The van der Waals surface area contributed by atoms with Crippen molar-refractivity contribution in [2.45, 2.75) is 45.7 Å². The minimum atomic E-state index is -1.01. The first-order valence-corrected chi connectivity index (χ1v) is 8.63. The van der Waals surface area contributed by atoms with Crippen LogP contribution in [-0.2, 0) is 9.59 Å². The molecule has 0 spiro atoms. The minimum absolute atomic E-state index is 0.0598. The highest BCUT2D eigenvalue weighted by molar-refractivity contribution is 5.97. The number of carbonyl (C=O) groups is 2. The Morgan fingerprint density at radius 3 is 2.20 bits per heavy atom. The molecule has 5 heteroatoms. The maximum absolute atomic E-state index is 12.2. The van der Waals surface area contributed by atoms with E-state index >= 15 is 0 Å². The SMILES string of the molecule is C=C(C)C1CC=C(CN=NC([NH])C2=CCC(C(=C)C)CC2=O)C(=O)C1. The summed E-state index contributed by atoms with van der Waals surface area (Å²) in [5.41, 5.74) is 11.1. The highest BCUT2D eigenvalue weighted by Crippen LogP contribution is 2.28. The number of ketones is 2. The largest absolute Gasteiger partial charge is 0.294 e. The Balaban J connectivity index is 1.94. The van der Waals surface area contributed by atoms with Crippen LogP contribution in [0.15, 0.2) is 57.8 Å². The van der Waals surface area contributed by atoms with E-state index in [2.05, 4.69) is 23.4 Å². The van der Waals surface area contributed by atoms with Crippen molar-refractivity contribution in [1.82, 2.24) is 5.73 Å². The van der Waals surface area contributed by atoms with Gasteiger partial charge in [-0.2, -0.15) is 10.2 Å². The van der Waals surface area contributed by atoms with Gasteiger partial charge in [0, 0.05) is 24.0 Å². The predicted molar refractivity (Wildman–Crippen MR) is 97.9 cm³/mol. The first-order valence-electron chi connectivity index (χ1n) is 8.63. The van der Waals surface area contributed by atoms with E-state index in [4.69, 9.17) is 5.73 Å². The van der Waals surface area contributed by atoms with Gasteiger partial charge >= 0.3 is 0 Å². The molecule has 1 radical (unpaired) electrons. The van der Waals surface area contributed by atoms with Gasteiger partial charge in [-0.15, -0.1) is 0 Å². The average Bonchev–Trinajstić information content (AvgIpc) is 2.55. The van der Waals surface area contributed by atoms with E-state index in [1.807, 2.05) is 19.9 Å². The molecule has 0 aromatic heterocycles. The summed E-state index contributed by atoms with van der Waals surface area (Å²) in [6.45, 7) is 11.8. The third-order valence-corrected chi connectivity index (χ3v) is 4.94. The molecular formula is C20H26N3O2. The smallest absolute Gasteiger partial charge is 0.162 e. The zero-order valence-electron chi connectivity index (χ0n) is 15.0. The van der Waals surface area contributed by atoms with Gasteiger partial charge < -0.3 is 0 Å². The van der Waals surface area contributed by atoms with Crippen LogP contribution in [0.1, 0.15) is 39.5 Å². The molecular weight excluding hydrogens is 314 g/mol. The molecule has 2 aliphatic carbocycles. The van der Waals surface area contributed by atoms with E-state index in [0.717, 1.165) is 17.6 Å². The lowest BCUT2D eigenvalue weighted by Crippen LogP contribution is -2.24. The minimum Gasteiger partial charge on any atom is -0.294 e. The fraction of sp³-hybridized carbons (Fsp3) is 0.500. The van der Waals surface area contributed by atoms with Crippen molar-refractivity contribution in [3.8, 4) is 0 Å². The van der Waals surface area contributed by atoms with Gasteiger partial charge in [0.25, 0.3) is 0 Å². The van der Waals surface area contributed by atoms with Crippen molar-refractivity contribution in [3.05, 3.63) is 47.6 Å². The van der Waals surface area contributed by atoms with Crippen LogP contribution >= 0.6 is 0 Å². The summed E-state index contributed by atoms with van der Waals surface area (Å²) in [4.78, 5) is 24.3. The number of azo groups is 1. The van der Waals surface area contributed by atoms with Gasteiger partial charge in [-0.1, -0.05) is 36.5 Å². The van der Waals surface area contributed by atoms with Crippen LogP contribution in [0.4, 0.5) is 0 Å². The fourth-order valence-corrected chi connectivity index (χ4v) is 3.07. The molecule has 2 aliphatic rings. The van der Waals surface area contributed by atoms with Crippen LogP contribution in [0.3, 0.4) is 0 Å². The molecule has 0 heterocycles. The van der Waals surface area contributed by atoms with Gasteiger partial charge in [0.05, 0.1) is 6.54 Å². The number of Topliss-reactive ketones (excluding diaryl/α,β-unsaturated/α-hetero) is 2. The van der Waals surface area contributed by atoms with Gasteiger partial charge in [0.1, 0.15) is 0 Å². The molecule has 0 amide bonds. The lowest BCUT2D eigenvalue weighted by Gasteiger charge is -2.22. The monoisotopic (exact) mass is 340 g/mol. The molecule has 0 saturated carbocycles. The van der Waals surface area contributed by atoms with Gasteiger partial charge in [-0.3, -0.25) is 9.59 Å². The summed E-state index contributed by atoms with van der Waals surface area (Å²) in [5.74, 6) is 0.377. The maximum atomic E-state index is 12.2. The zero-order chi connectivity index (χ0) is 18.6. The third kappa shape index (κ3) is 4.92. The standard InChI is InChI=1S/C20H26N3O2/c1-12(2)14-5-6-16(18(24)9-14)11-22-23-20(21)17-8-7-15(13(3)4)10-19(17)25/h6,8,14-15,20-21H,1,3,5,7,9-11H2,2,4H3. The Bertz CT molecular complexity index is 685. The first-order chi connectivity index (χ1) is 11.8. The highest BCUT2D eigenvalue weighted by Gasteiger charge is 2.26. The Kier molecular flexibility index (Phi) is 6.37. The van der Waals surface area contributed by atoms with Gasteiger partial charge in [-0.25, -0.2) is 5.73 Å². The first kappa shape index (κ1) is 19.2. The maximum Gasteiger partial charge on any atom is 0.162 e. The van der Waals surface area contributed by atoms with Crippen molar-refractivity contribution in [2.75, 3.05) is 6.54 Å². The zero-order valence-corrected chi connectivity index (χ0v) is 15.0. The molecule has 1 N–H and O–H groups in total. The molecule has 0 saturated heterocycles. The normalized spacial score (nSPS) is 25.6. The van der Waals surface area contributed by atoms with Crippen LogP contribution in [0.5, 0.6) is 0 Å². The number of hydrogen-bond acceptors (Lipinski definition) is 4. The fourth-order valence-electron chi connectivity index (χ4n) is 3.07. The molecule has 0 aromatic rings. The summed E-state index contributed by atoms with van der Waals surface area (Å²) in [5, 5.41) is 7.91. The Labute approximate surface area is 149 Å². The summed E-state index contributed by atoms with van der Waals surface area (Å²) >= 11 is 0. The van der Waals surface area contributed by atoms with Crippen LogP contribution in [-0.4, -0.2) is 24.3 Å². The average molecular weight is 340 g/mol. The lowest BCUT2D eigenvalue weighted by atomic mass is 9.84. The molecule has 133 valence electrons. The van der Waals surface area contributed by atoms with E-state index in [-0.39, 0.29) is 29.9 Å². The molecule has 2 rings (SSSR count). The molecule has 25 heavy (non-hydrogen) atoms. The quantitative estimate of drug-likeness (QED) is 0.540. The topological polar surface area (TPSA) is 82.7 Å². The number of nitrogens with one attached hydrogen (secondary N) is 1. The molecule has 0 aromatic carbocycles. The van der Waals surface area contributed by atoms with E-state index in [1.165, 1.54) is 0 Å².